The Kier molecular flexibility index (Phi) is 4.16. The number of ether oxygens (including phenoxy) is 1. The molecule has 1 saturated carbocycles. The molecule has 1 N–H and O–H groups in total. The molecule has 2 aliphatic carbocycles. The summed E-state index contributed by atoms with van der Waals surface area (Å²) < 4.78 is 20.7. The monoisotopic (exact) mass is 381 g/mol. The number of benzene rings is 2. The molecule has 0 radical (unpaired) electrons. The summed E-state index contributed by atoms with van der Waals surface area (Å²) >= 11 is 0. The summed E-state index contributed by atoms with van der Waals surface area (Å²) in [6.07, 6.45) is 1.48. The van der Waals surface area contributed by atoms with Gasteiger partial charge in [-0.2, -0.15) is 0 Å². The van der Waals surface area contributed by atoms with E-state index in [9.17, 15) is 9.90 Å². The van der Waals surface area contributed by atoms with E-state index in [1.54, 1.807) is 0 Å². The number of likely N-dealkylation sites (tertiary alicyclic amines) is 1. The van der Waals surface area contributed by atoms with Crippen LogP contribution in [0.1, 0.15) is 29.9 Å². The van der Waals surface area contributed by atoms with Crippen LogP contribution in [0.5, 0.6) is 0 Å². The van der Waals surface area contributed by atoms with E-state index in [0.717, 1.165) is 24.0 Å². The minimum absolute atomic E-state index is 0.00819. The highest BCUT2D eigenvalue weighted by Crippen LogP contribution is 2.48. The number of nitrogens with zero attached hydrogens (tertiary/aromatic N) is 1. The number of alkyl halides is 1. The number of rotatable bonds is 4. The molecule has 1 aliphatic heterocycles. The molecule has 0 bridgehead atoms. The fourth-order valence-corrected chi connectivity index (χ4v) is 4.96. The lowest BCUT2D eigenvalue weighted by atomic mass is 9.89. The Balaban J connectivity index is 1.31. The van der Waals surface area contributed by atoms with Crippen molar-refractivity contribution in [3.05, 3.63) is 59.7 Å². The zero-order chi connectivity index (χ0) is 19.3. The lowest BCUT2D eigenvalue weighted by Crippen LogP contribution is -2.39. The summed E-state index contributed by atoms with van der Waals surface area (Å²) in [6, 6.07) is 16.4. The van der Waals surface area contributed by atoms with Gasteiger partial charge in [-0.15, -0.1) is 0 Å². The van der Waals surface area contributed by atoms with Crippen LogP contribution < -0.4 is 0 Å². The van der Waals surface area contributed by atoms with Crippen molar-refractivity contribution in [1.82, 2.24) is 4.90 Å². The van der Waals surface area contributed by atoms with Gasteiger partial charge >= 0.3 is 6.09 Å². The molecule has 2 atom stereocenters. The highest BCUT2D eigenvalue weighted by molar-refractivity contribution is 5.79. The van der Waals surface area contributed by atoms with Crippen LogP contribution in [-0.4, -0.2) is 48.1 Å². The molecule has 5 heteroatoms. The SMILES string of the molecule is O=C(OCC1c2ccccc2-c2ccccc21)N1CC(C2CC2)C(F)(CO)C1. The maximum atomic E-state index is 15.0. The third-order valence-electron chi connectivity index (χ3n) is 6.58. The number of carbonyl (C=O) groups excluding carboxylic acids is 1. The van der Waals surface area contributed by atoms with Crippen molar-refractivity contribution < 1.29 is 19.0 Å². The van der Waals surface area contributed by atoms with Crippen molar-refractivity contribution in [2.75, 3.05) is 26.3 Å². The van der Waals surface area contributed by atoms with Crippen LogP contribution in [-0.2, 0) is 4.74 Å². The minimum Gasteiger partial charge on any atom is -0.448 e. The smallest absolute Gasteiger partial charge is 0.409 e. The lowest BCUT2D eigenvalue weighted by molar-refractivity contribution is 0.0357. The predicted molar refractivity (Wildman–Crippen MR) is 104 cm³/mol. The van der Waals surface area contributed by atoms with Gasteiger partial charge in [0.25, 0.3) is 0 Å². The summed E-state index contributed by atoms with van der Waals surface area (Å²) in [5, 5.41) is 9.54. The van der Waals surface area contributed by atoms with Gasteiger partial charge in [0.2, 0.25) is 0 Å². The van der Waals surface area contributed by atoms with Crippen molar-refractivity contribution in [1.29, 1.82) is 0 Å². The van der Waals surface area contributed by atoms with Crippen LogP contribution in [0.3, 0.4) is 0 Å². The fourth-order valence-electron chi connectivity index (χ4n) is 4.96. The quantitative estimate of drug-likeness (QED) is 0.872. The molecule has 5 rings (SSSR count). The molecule has 1 heterocycles. The number of hydrogen-bond donors (Lipinski definition) is 1. The van der Waals surface area contributed by atoms with Crippen molar-refractivity contribution in [3.8, 4) is 11.1 Å². The van der Waals surface area contributed by atoms with Crippen LogP contribution in [0.2, 0.25) is 0 Å². The highest BCUT2D eigenvalue weighted by atomic mass is 19.1. The third-order valence-corrected chi connectivity index (χ3v) is 6.58. The predicted octanol–water partition coefficient (Wildman–Crippen LogP) is 3.98. The van der Waals surface area contributed by atoms with Gasteiger partial charge in [0.1, 0.15) is 6.61 Å². The second kappa shape index (κ2) is 6.59. The van der Waals surface area contributed by atoms with Gasteiger partial charge < -0.3 is 14.7 Å². The van der Waals surface area contributed by atoms with Crippen LogP contribution in [0.25, 0.3) is 11.1 Å². The number of hydrogen-bond acceptors (Lipinski definition) is 3. The van der Waals surface area contributed by atoms with E-state index in [1.807, 2.05) is 24.3 Å². The maximum Gasteiger partial charge on any atom is 0.409 e. The molecule has 2 fully saturated rings. The average molecular weight is 381 g/mol. The molecule has 2 aromatic rings. The first-order chi connectivity index (χ1) is 13.6. The van der Waals surface area contributed by atoms with E-state index in [0.29, 0.717) is 6.54 Å². The standard InChI is InChI=1S/C23H24FNO3/c24-23(14-26)13-25(11-21(23)15-9-10-15)22(27)28-12-20-18-7-3-1-5-16(18)17-6-2-4-8-19(17)20/h1-8,15,20-21,26H,9-14H2. The minimum atomic E-state index is -1.70. The summed E-state index contributed by atoms with van der Waals surface area (Å²) in [4.78, 5) is 14.1. The van der Waals surface area contributed by atoms with E-state index in [-0.39, 0.29) is 30.9 Å². The Labute approximate surface area is 163 Å². The van der Waals surface area contributed by atoms with E-state index < -0.39 is 18.4 Å². The van der Waals surface area contributed by atoms with Gasteiger partial charge in [0.05, 0.1) is 13.2 Å². The zero-order valence-electron chi connectivity index (χ0n) is 15.7. The number of carbonyl (C=O) groups is 1. The van der Waals surface area contributed by atoms with E-state index in [4.69, 9.17) is 4.74 Å². The van der Waals surface area contributed by atoms with Gasteiger partial charge in [-0.25, -0.2) is 9.18 Å². The van der Waals surface area contributed by atoms with Crippen LogP contribution >= 0.6 is 0 Å². The zero-order valence-corrected chi connectivity index (χ0v) is 15.7. The number of amides is 1. The van der Waals surface area contributed by atoms with Crippen molar-refractivity contribution in [2.24, 2.45) is 11.8 Å². The number of aliphatic hydroxyl groups is 1. The lowest BCUT2D eigenvalue weighted by Gasteiger charge is -2.23. The first-order valence-corrected chi connectivity index (χ1v) is 10.0. The van der Waals surface area contributed by atoms with Crippen LogP contribution in [0.4, 0.5) is 9.18 Å². The van der Waals surface area contributed by atoms with E-state index >= 15 is 4.39 Å². The topological polar surface area (TPSA) is 49.8 Å². The number of aliphatic hydroxyl groups excluding tert-OH is 1. The maximum absolute atomic E-state index is 15.0. The summed E-state index contributed by atoms with van der Waals surface area (Å²) in [5.41, 5.74) is 2.97. The first-order valence-electron chi connectivity index (χ1n) is 10.0. The molecule has 28 heavy (non-hydrogen) atoms. The molecular weight excluding hydrogens is 357 g/mol. The highest BCUT2D eigenvalue weighted by Gasteiger charge is 2.54. The van der Waals surface area contributed by atoms with Crippen LogP contribution in [0, 0.1) is 11.8 Å². The molecular formula is C23H24FNO3. The second-order valence-electron chi connectivity index (χ2n) is 8.32. The molecule has 2 aromatic carbocycles. The fraction of sp³-hybridized carbons (Fsp3) is 0.435. The van der Waals surface area contributed by atoms with Crippen molar-refractivity contribution in [2.45, 2.75) is 24.4 Å². The van der Waals surface area contributed by atoms with E-state index in [2.05, 4.69) is 24.3 Å². The molecule has 1 saturated heterocycles. The first kappa shape index (κ1) is 17.7. The Morgan fingerprint density at radius 1 is 1.11 bits per heavy atom. The molecule has 146 valence electrons. The van der Waals surface area contributed by atoms with Crippen molar-refractivity contribution >= 4 is 6.09 Å². The third kappa shape index (κ3) is 2.80. The Morgan fingerprint density at radius 3 is 2.29 bits per heavy atom. The Morgan fingerprint density at radius 2 is 1.71 bits per heavy atom. The van der Waals surface area contributed by atoms with Crippen LogP contribution in [0.15, 0.2) is 48.5 Å². The van der Waals surface area contributed by atoms with Crippen molar-refractivity contribution in [3.63, 3.8) is 0 Å². The Bertz CT molecular complexity index is 867. The van der Waals surface area contributed by atoms with Gasteiger partial charge in [0, 0.05) is 18.4 Å². The molecule has 0 aromatic heterocycles. The molecule has 2 unspecified atom stereocenters. The summed E-state index contributed by atoms with van der Waals surface area (Å²) in [6.45, 7) is -0.0586. The summed E-state index contributed by atoms with van der Waals surface area (Å²) in [7, 11) is 0. The van der Waals surface area contributed by atoms with Gasteiger partial charge in [-0.05, 0) is 41.0 Å². The second-order valence-corrected chi connectivity index (χ2v) is 8.32. The Hall–Kier alpha value is -2.40. The van der Waals surface area contributed by atoms with Gasteiger partial charge in [-0.3, -0.25) is 0 Å². The largest absolute Gasteiger partial charge is 0.448 e. The van der Waals surface area contributed by atoms with Gasteiger partial charge in [-0.1, -0.05) is 48.5 Å². The van der Waals surface area contributed by atoms with E-state index in [1.165, 1.54) is 16.0 Å². The van der Waals surface area contributed by atoms with Gasteiger partial charge in [0.15, 0.2) is 5.67 Å². The normalized spacial score (nSPS) is 26.2. The number of halogens is 1. The average Bonchev–Trinajstić information content (AvgIpc) is 3.43. The molecule has 4 nitrogen and oxygen atoms in total. The molecule has 0 spiro atoms. The summed E-state index contributed by atoms with van der Waals surface area (Å²) in [5.74, 6) is -0.00678. The molecule has 1 amide bonds. The molecule has 3 aliphatic rings. The number of fused-ring (bicyclic) bond motifs is 3.